The van der Waals surface area contributed by atoms with Gasteiger partial charge in [-0.2, -0.15) is 8.78 Å². The summed E-state index contributed by atoms with van der Waals surface area (Å²) in [7, 11) is -3.21. The van der Waals surface area contributed by atoms with E-state index in [1.165, 1.54) is 28.0 Å². The monoisotopic (exact) mass is 514 g/mol. The van der Waals surface area contributed by atoms with Crippen molar-refractivity contribution in [2.24, 2.45) is 0 Å². The van der Waals surface area contributed by atoms with Crippen molar-refractivity contribution in [3.05, 3.63) is 64.8 Å². The first-order valence-electron chi connectivity index (χ1n) is 10.1. The predicted octanol–water partition coefficient (Wildman–Crippen LogP) is 4.32. The molecule has 1 fully saturated rings. The van der Waals surface area contributed by atoms with Gasteiger partial charge in [0.05, 0.1) is 18.1 Å². The molecule has 0 aliphatic carbocycles. The van der Waals surface area contributed by atoms with Gasteiger partial charge in [-0.05, 0) is 30.3 Å². The topological polar surface area (TPSA) is 96.6 Å². The van der Waals surface area contributed by atoms with E-state index in [1.54, 1.807) is 18.2 Å². The van der Waals surface area contributed by atoms with Crippen molar-refractivity contribution in [2.45, 2.75) is 13.0 Å². The third-order valence-electron chi connectivity index (χ3n) is 5.22. The van der Waals surface area contributed by atoms with Crippen LogP contribution in [-0.4, -0.2) is 54.1 Å². The lowest BCUT2D eigenvalue weighted by molar-refractivity contribution is 0.116. The maximum Gasteiger partial charge on any atom is 0.324 e. The lowest BCUT2D eigenvalue weighted by atomic mass is 10.1. The molecule has 0 bridgehead atoms. The summed E-state index contributed by atoms with van der Waals surface area (Å²) >= 11 is 6.08. The number of sulfone groups is 1. The molecule has 0 saturated carbocycles. The minimum absolute atomic E-state index is 0.0171. The molecule has 2 aromatic carbocycles. The standard InChI is InChI=1S/C21H18ClF3N4O4S/c22-15-2-1-3-16(11-15)29(21(30)28-6-8-34(31,32)9-7-28)12-14-5-4-13(10-17(14)23)19-26-27-20(33-19)18(24)25/h1-5,10-11,18H,6-9,12H2. The third kappa shape index (κ3) is 5.33. The minimum Gasteiger partial charge on any atom is -0.415 e. The highest BCUT2D eigenvalue weighted by Gasteiger charge is 2.29. The summed E-state index contributed by atoms with van der Waals surface area (Å²) in [5, 5.41) is 7.08. The van der Waals surface area contributed by atoms with Gasteiger partial charge in [0.15, 0.2) is 9.84 Å². The molecule has 34 heavy (non-hydrogen) atoms. The summed E-state index contributed by atoms with van der Waals surface area (Å²) in [4.78, 5) is 16.0. The Morgan fingerprint density at radius 1 is 1.15 bits per heavy atom. The summed E-state index contributed by atoms with van der Waals surface area (Å²) in [6, 6.07) is 9.75. The Balaban J connectivity index is 1.61. The molecule has 1 aliphatic rings. The summed E-state index contributed by atoms with van der Waals surface area (Å²) < 4.78 is 68.7. The van der Waals surface area contributed by atoms with Crippen LogP contribution in [0.1, 0.15) is 17.9 Å². The van der Waals surface area contributed by atoms with Gasteiger partial charge in [-0.25, -0.2) is 17.6 Å². The van der Waals surface area contributed by atoms with Gasteiger partial charge in [0.1, 0.15) is 5.82 Å². The molecular formula is C21H18ClF3N4O4S. The number of anilines is 1. The SMILES string of the molecule is O=C(N1CCS(=O)(=O)CC1)N(Cc1ccc(-c2nnc(C(F)F)o2)cc1F)c1cccc(Cl)c1. The Morgan fingerprint density at radius 3 is 2.50 bits per heavy atom. The predicted molar refractivity (Wildman–Crippen MR) is 118 cm³/mol. The van der Waals surface area contributed by atoms with E-state index in [1.807, 2.05) is 0 Å². The van der Waals surface area contributed by atoms with E-state index in [2.05, 4.69) is 10.2 Å². The Hall–Kier alpha value is -3.12. The Labute approximate surface area is 197 Å². The fourth-order valence-electron chi connectivity index (χ4n) is 3.41. The highest BCUT2D eigenvalue weighted by molar-refractivity contribution is 7.91. The number of amides is 2. The lowest BCUT2D eigenvalue weighted by Crippen LogP contribution is -2.49. The second kappa shape index (κ2) is 9.63. The van der Waals surface area contributed by atoms with Crippen LogP contribution in [0, 0.1) is 5.82 Å². The molecule has 0 unspecified atom stereocenters. The smallest absolute Gasteiger partial charge is 0.324 e. The molecule has 1 saturated heterocycles. The maximum atomic E-state index is 15.0. The van der Waals surface area contributed by atoms with E-state index in [4.69, 9.17) is 16.0 Å². The lowest BCUT2D eigenvalue weighted by Gasteiger charge is -2.33. The number of carbonyl (C=O) groups excluding carboxylic acids is 1. The van der Waals surface area contributed by atoms with Gasteiger partial charge in [0.2, 0.25) is 5.89 Å². The first-order valence-corrected chi connectivity index (χ1v) is 12.3. The van der Waals surface area contributed by atoms with Crippen LogP contribution < -0.4 is 4.90 Å². The van der Waals surface area contributed by atoms with E-state index in [-0.39, 0.29) is 48.2 Å². The fraction of sp³-hybridized carbons (Fsp3) is 0.286. The van der Waals surface area contributed by atoms with Gasteiger partial charge in [-0.3, -0.25) is 4.90 Å². The number of hydrogen-bond donors (Lipinski definition) is 0. The van der Waals surface area contributed by atoms with Crippen LogP contribution in [0.25, 0.3) is 11.5 Å². The molecule has 4 rings (SSSR count). The molecule has 8 nitrogen and oxygen atoms in total. The normalized spacial score (nSPS) is 15.5. The van der Waals surface area contributed by atoms with Crippen LogP contribution in [0.15, 0.2) is 46.9 Å². The molecule has 2 amide bonds. The van der Waals surface area contributed by atoms with E-state index in [0.29, 0.717) is 10.7 Å². The van der Waals surface area contributed by atoms with Crippen molar-refractivity contribution in [1.82, 2.24) is 15.1 Å². The highest BCUT2D eigenvalue weighted by atomic mass is 35.5. The number of rotatable bonds is 5. The van der Waals surface area contributed by atoms with Gasteiger partial charge >= 0.3 is 12.5 Å². The molecule has 3 aromatic rings. The van der Waals surface area contributed by atoms with Crippen molar-refractivity contribution in [1.29, 1.82) is 0 Å². The van der Waals surface area contributed by atoms with Crippen LogP contribution in [0.2, 0.25) is 5.02 Å². The van der Waals surface area contributed by atoms with Crippen LogP contribution in [0.4, 0.5) is 23.7 Å². The van der Waals surface area contributed by atoms with E-state index in [0.717, 1.165) is 6.07 Å². The summed E-state index contributed by atoms with van der Waals surface area (Å²) in [5.74, 6) is -2.18. The van der Waals surface area contributed by atoms with Gasteiger partial charge in [-0.1, -0.05) is 23.7 Å². The Bertz CT molecular complexity index is 1300. The maximum absolute atomic E-state index is 15.0. The number of aromatic nitrogens is 2. The third-order valence-corrected chi connectivity index (χ3v) is 7.07. The van der Waals surface area contributed by atoms with Crippen molar-refractivity contribution in [3.8, 4) is 11.5 Å². The molecule has 0 spiro atoms. The van der Waals surface area contributed by atoms with Crippen molar-refractivity contribution >= 4 is 33.2 Å². The first-order chi connectivity index (χ1) is 16.1. The number of urea groups is 1. The molecule has 0 N–H and O–H groups in total. The Morgan fingerprint density at radius 2 is 1.88 bits per heavy atom. The van der Waals surface area contributed by atoms with Gasteiger partial charge in [-0.15, -0.1) is 10.2 Å². The molecule has 2 heterocycles. The molecule has 0 radical (unpaired) electrons. The highest BCUT2D eigenvalue weighted by Crippen LogP contribution is 2.28. The average molecular weight is 515 g/mol. The zero-order valence-electron chi connectivity index (χ0n) is 17.5. The zero-order chi connectivity index (χ0) is 24.5. The van der Waals surface area contributed by atoms with Gasteiger partial charge in [0, 0.05) is 34.9 Å². The molecule has 1 aliphatic heterocycles. The molecule has 0 atom stereocenters. The number of carbonyl (C=O) groups is 1. The van der Waals surface area contributed by atoms with Crippen molar-refractivity contribution in [3.63, 3.8) is 0 Å². The average Bonchev–Trinajstić information content (AvgIpc) is 3.29. The second-order valence-electron chi connectivity index (χ2n) is 7.54. The minimum atomic E-state index is -3.21. The Kier molecular flexibility index (Phi) is 6.80. The quantitative estimate of drug-likeness (QED) is 0.503. The molecule has 13 heteroatoms. The number of halogens is 4. The fourth-order valence-corrected chi connectivity index (χ4v) is 4.79. The van der Waals surface area contributed by atoms with Crippen molar-refractivity contribution in [2.75, 3.05) is 29.5 Å². The van der Waals surface area contributed by atoms with E-state index >= 15 is 0 Å². The summed E-state index contributed by atoms with van der Waals surface area (Å²) in [6.07, 6.45) is -2.95. The molecular weight excluding hydrogens is 497 g/mol. The van der Waals surface area contributed by atoms with Crippen LogP contribution in [0.5, 0.6) is 0 Å². The second-order valence-corrected chi connectivity index (χ2v) is 10.3. The number of hydrogen-bond acceptors (Lipinski definition) is 6. The molecule has 180 valence electrons. The number of nitrogens with zero attached hydrogens (tertiary/aromatic N) is 4. The van der Waals surface area contributed by atoms with E-state index < -0.39 is 34.0 Å². The van der Waals surface area contributed by atoms with Gasteiger partial charge < -0.3 is 9.32 Å². The molecule has 1 aromatic heterocycles. The summed E-state index contributed by atoms with van der Waals surface area (Å²) in [6.45, 7) is -0.159. The van der Waals surface area contributed by atoms with Crippen molar-refractivity contribution < 1.29 is 30.8 Å². The zero-order valence-corrected chi connectivity index (χ0v) is 19.1. The van der Waals surface area contributed by atoms with E-state index in [9.17, 15) is 26.4 Å². The number of benzene rings is 2. The summed E-state index contributed by atoms with van der Waals surface area (Å²) in [5.41, 5.74) is 0.616. The number of alkyl halides is 2. The van der Waals surface area contributed by atoms with Gasteiger partial charge in [0.25, 0.3) is 5.89 Å². The van der Waals surface area contributed by atoms with Crippen LogP contribution >= 0.6 is 11.6 Å². The first kappa shape index (κ1) is 24.0. The van der Waals surface area contributed by atoms with Crippen LogP contribution in [0.3, 0.4) is 0 Å². The largest absolute Gasteiger partial charge is 0.415 e. The van der Waals surface area contributed by atoms with Crippen LogP contribution in [-0.2, 0) is 16.4 Å².